The lowest BCUT2D eigenvalue weighted by molar-refractivity contribution is -0.115. The molecule has 2 heterocycles. The van der Waals surface area contributed by atoms with Crippen LogP contribution in [-0.4, -0.2) is 30.3 Å². The van der Waals surface area contributed by atoms with Crippen molar-refractivity contribution in [3.63, 3.8) is 0 Å². The van der Waals surface area contributed by atoms with Gasteiger partial charge in [0.2, 0.25) is 0 Å². The fourth-order valence-electron chi connectivity index (χ4n) is 3.01. The summed E-state index contributed by atoms with van der Waals surface area (Å²) in [5.41, 5.74) is 9.32. The Labute approximate surface area is 133 Å². The van der Waals surface area contributed by atoms with E-state index in [0.29, 0.717) is 4.91 Å². The molecule has 3 rings (SSSR count). The van der Waals surface area contributed by atoms with Crippen molar-refractivity contribution in [2.75, 3.05) is 18.0 Å². The molecule has 3 N–H and O–H groups in total. The van der Waals surface area contributed by atoms with E-state index in [4.69, 9.17) is 5.73 Å². The van der Waals surface area contributed by atoms with Crippen molar-refractivity contribution in [2.24, 2.45) is 5.73 Å². The molecule has 0 aliphatic carbocycles. The van der Waals surface area contributed by atoms with Crippen LogP contribution in [0.2, 0.25) is 0 Å². The number of nitrogens with one attached hydrogen (secondary N) is 1. The molecule has 2 fully saturated rings. The monoisotopic (exact) mass is 317 g/mol. The maximum atomic E-state index is 11.8. The topological polar surface area (TPSA) is 75.4 Å². The van der Waals surface area contributed by atoms with E-state index in [0.717, 1.165) is 54.5 Å². The van der Waals surface area contributed by atoms with E-state index in [2.05, 4.69) is 23.2 Å². The van der Waals surface area contributed by atoms with E-state index in [1.807, 2.05) is 12.1 Å². The fraction of sp³-hybridized carbons (Fsp3) is 0.375. The first-order valence-corrected chi connectivity index (χ1v) is 8.21. The highest BCUT2D eigenvalue weighted by atomic mass is 32.2. The highest BCUT2D eigenvalue weighted by Crippen LogP contribution is 2.32. The molecule has 0 bridgehead atoms. The largest absolute Gasteiger partial charge is 0.369 e. The third-order valence-corrected chi connectivity index (χ3v) is 4.78. The second-order valence-corrected chi connectivity index (χ2v) is 6.73. The molecule has 2 amide bonds. The smallest absolute Gasteiger partial charge is 0.290 e. The number of benzene rings is 1. The molecule has 22 heavy (non-hydrogen) atoms. The van der Waals surface area contributed by atoms with Crippen LogP contribution in [0.25, 0.3) is 6.08 Å². The number of thioether (sulfide) groups is 1. The summed E-state index contributed by atoms with van der Waals surface area (Å²) in [5.74, 6) is -0.321. The number of nitrogens with two attached hydrogens (primary N) is 1. The highest BCUT2D eigenvalue weighted by molar-refractivity contribution is 8.18. The lowest BCUT2D eigenvalue weighted by atomic mass is 10.0. The van der Waals surface area contributed by atoms with Gasteiger partial charge >= 0.3 is 0 Å². The maximum Gasteiger partial charge on any atom is 0.290 e. The van der Waals surface area contributed by atoms with Crippen LogP contribution >= 0.6 is 11.8 Å². The number of hydrogen-bond donors (Lipinski definition) is 2. The summed E-state index contributed by atoms with van der Waals surface area (Å²) in [5, 5.41) is 1.98. The fourth-order valence-corrected chi connectivity index (χ4v) is 3.68. The zero-order valence-corrected chi connectivity index (χ0v) is 13.3. The van der Waals surface area contributed by atoms with Gasteiger partial charge in [0, 0.05) is 24.8 Å². The van der Waals surface area contributed by atoms with Gasteiger partial charge in [0.1, 0.15) is 0 Å². The van der Waals surface area contributed by atoms with Crippen LogP contribution in [0.3, 0.4) is 0 Å². The van der Waals surface area contributed by atoms with Gasteiger partial charge in [-0.1, -0.05) is 18.2 Å². The Hall–Kier alpha value is -1.79. The van der Waals surface area contributed by atoms with E-state index in [1.54, 1.807) is 6.08 Å². The number of nitrogens with zero attached hydrogens (tertiary/aromatic N) is 1. The molecule has 1 aromatic rings. The molecule has 6 heteroatoms. The normalized spacial score (nSPS) is 24.0. The van der Waals surface area contributed by atoms with E-state index >= 15 is 0 Å². The van der Waals surface area contributed by atoms with Gasteiger partial charge in [0.05, 0.1) is 4.91 Å². The van der Waals surface area contributed by atoms with Crippen LogP contribution in [0.15, 0.2) is 23.1 Å². The predicted octanol–water partition coefficient (Wildman–Crippen LogP) is 2.25. The first-order chi connectivity index (χ1) is 10.5. The minimum absolute atomic E-state index is 0.180. The Balaban J connectivity index is 1.98. The van der Waals surface area contributed by atoms with Crippen LogP contribution in [0, 0.1) is 6.92 Å². The Morgan fingerprint density at radius 1 is 1.41 bits per heavy atom. The SMILES string of the molecule is Cc1cccc(/C=C2\SC(=O)NC2=O)c1N1CCC[C@@H](N)C1. The van der Waals surface area contributed by atoms with Crippen LogP contribution < -0.4 is 16.0 Å². The number of carbonyl (C=O) groups is 2. The first-order valence-electron chi connectivity index (χ1n) is 7.39. The summed E-state index contributed by atoms with van der Waals surface area (Å²) in [4.78, 5) is 25.8. The van der Waals surface area contributed by atoms with Crippen LogP contribution in [0.5, 0.6) is 0 Å². The predicted molar refractivity (Wildman–Crippen MR) is 89.7 cm³/mol. The van der Waals surface area contributed by atoms with Crippen molar-refractivity contribution >= 4 is 34.7 Å². The number of piperidine rings is 1. The molecule has 0 saturated carbocycles. The molecular formula is C16H19N3O2S. The number of amides is 2. The average Bonchev–Trinajstić information content (AvgIpc) is 2.77. The number of rotatable bonds is 2. The molecule has 0 radical (unpaired) electrons. The average molecular weight is 317 g/mol. The van der Waals surface area contributed by atoms with Crippen LogP contribution in [-0.2, 0) is 4.79 Å². The molecule has 116 valence electrons. The van der Waals surface area contributed by atoms with Gasteiger partial charge in [-0.2, -0.15) is 0 Å². The number of aryl methyl sites for hydroxylation is 1. The molecule has 2 saturated heterocycles. The van der Waals surface area contributed by atoms with Crippen molar-refractivity contribution in [1.29, 1.82) is 0 Å². The van der Waals surface area contributed by atoms with Crippen LogP contribution in [0.1, 0.15) is 24.0 Å². The van der Waals surface area contributed by atoms with E-state index in [9.17, 15) is 9.59 Å². The Morgan fingerprint density at radius 2 is 2.23 bits per heavy atom. The summed E-state index contributed by atoms with van der Waals surface area (Å²) >= 11 is 0.949. The van der Waals surface area contributed by atoms with Crippen molar-refractivity contribution in [3.05, 3.63) is 34.2 Å². The van der Waals surface area contributed by atoms with Crippen molar-refractivity contribution in [1.82, 2.24) is 5.32 Å². The van der Waals surface area contributed by atoms with Gasteiger partial charge < -0.3 is 10.6 Å². The third-order valence-electron chi connectivity index (χ3n) is 3.97. The van der Waals surface area contributed by atoms with E-state index in [1.165, 1.54) is 0 Å². The van der Waals surface area contributed by atoms with E-state index < -0.39 is 0 Å². The molecular weight excluding hydrogens is 298 g/mol. The second kappa shape index (κ2) is 6.14. The summed E-state index contributed by atoms with van der Waals surface area (Å²) < 4.78 is 0. The van der Waals surface area contributed by atoms with Gasteiger partial charge in [-0.25, -0.2) is 0 Å². The third kappa shape index (κ3) is 3.03. The molecule has 0 spiro atoms. The minimum atomic E-state index is -0.321. The summed E-state index contributed by atoms with van der Waals surface area (Å²) in [6, 6.07) is 6.19. The first kappa shape index (κ1) is 15.1. The lowest BCUT2D eigenvalue weighted by Crippen LogP contribution is -2.43. The maximum absolute atomic E-state index is 11.8. The zero-order valence-electron chi connectivity index (χ0n) is 12.5. The number of anilines is 1. The summed E-state index contributed by atoms with van der Waals surface area (Å²) in [7, 11) is 0. The van der Waals surface area contributed by atoms with Crippen molar-refractivity contribution in [2.45, 2.75) is 25.8 Å². The van der Waals surface area contributed by atoms with Crippen molar-refractivity contribution in [3.8, 4) is 0 Å². The number of carbonyl (C=O) groups excluding carboxylic acids is 2. The molecule has 2 aliphatic heterocycles. The molecule has 0 aromatic heterocycles. The number of imide groups is 1. The molecule has 2 aliphatic rings. The van der Waals surface area contributed by atoms with Crippen molar-refractivity contribution < 1.29 is 9.59 Å². The zero-order chi connectivity index (χ0) is 15.7. The van der Waals surface area contributed by atoms with Gasteiger partial charge in [-0.05, 0) is 48.7 Å². The second-order valence-electron chi connectivity index (χ2n) is 5.71. The standard InChI is InChI=1S/C16H19N3O2S/c1-10-4-2-5-11(8-13-15(20)18-16(21)22-13)14(10)19-7-3-6-12(17)9-19/h2,4-5,8,12H,3,6-7,9,17H2,1H3,(H,18,20,21)/b13-8-/t12-/m1/s1. The number of para-hydroxylation sites is 1. The van der Waals surface area contributed by atoms with Gasteiger partial charge in [-0.15, -0.1) is 0 Å². The Kier molecular flexibility index (Phi) is 4.22. The van der Waals surface area contributed by atoms with E-state index in [-0.39, 0.29) is 17.2 Å². The Bertz CT molecular complexity index is 657. The Morgan fingerprint density at radius 3 is 2.91 bits per heavy atom. The summed E-state index contributed by atoms with van der Waals surface area (Å²) in [6.45, 7) is 3.84. The minimum Gasteiger partial charge on any atom is -0.369 e. The van der Waals surface area contributed by atoms with Crippen LogP contribution in [0.4, 0.5) is 10.5 Å². The lowest BCUT2D eigenvalue weighted by Gasteiger charge is -2.34. The van der Waals surface area contributed by atoms with Gasteiger partial charge in [-0.3, -0.25) is 14.9 Å². The number of hydrogen-bond acceptors (Lipinski definition) is 5. The quantitative estimate of drug-likeness (QED) is 0.818. The highest BCUT2D eigenvalue weighted by Gasteiger charge is 2.26. The van der Waals surface area contributed by atoms with Gasteiger partial charge in [0.25, 0.3) is 11.1 Å². The molecule has 1 aromatic carbocycles. The molecule has 1 atom stereocenters. The summed E-state index contributed by atoms with van der Waals surface area (Å²) in [6.07, 6.45) is 3.91. The molecule has 5 nitrogen and oxygen atoms in total. The molecule has 0 unspecified atom stereocenters. The van der Waals surface area contributed by atoms with Gasteiger partial charge in [0.15, 0.2) is 0 Å².